The van der Waals surface area contributed by atoms with Gasteiger partial charge in [-0.3, -0.25) is 10.2 Å². The molecule has 7 nitrogen and oxygen atoms in total. The molecule has 1 amide bonds. The first-order valence-corrected chi connectivity index (χ1v) is 9.60. The number of hydrogen-bond acceptors (Lipinski definition) is 5. The number of anilines is 1. The summed E-state index contributed by atoms with van der Waals surface area (Å²) in [5.74, 6) is -1.47. The third kappa shape index (κ3) is 2.81. The highest BCUT2D eigenvalue weighted by molar-refractivity contribution is 7.93. The number of benzene rings is 1. The fourth-order valence-corrected chi connectivity index (χ4v) is 4.88. The summed E-state index contributed by atoms with van der Waals surface area (Å²) >= 11 is 0. The largest absolute Gasteiger partial charge is 0.493 e. The van der Waals surface area contributed by atoms with Crippen LogP contribution in [0.4, 0.5) is 14.5 Å². The van der Waals surface area contributed by atoms with E-state index >= 15 is 0 Å². The lowest BCUT2D eigenvalue weighted by molar-refractivity contribution is -0.126. The Kier molecular flexibility index (Phi) is 4.21. The molecule has 1 atom stereocenters. The van der Waals surface area contributed by atoms with Crippen LogP contribution in [0.3, 0.4) is 0 Å². The van der Waals surface area contributed by atoms with Gasteiger partial charge in [0.1, 0.15) is 16.3 Å². The first-order chi connectivity index (χ1) is 12.0. The minimum absolute atomic E-state index is 0.106. The van der Waals surface area contributed by atoms with Gasteiger partial charge in [-0.1, -0.05) is 0 Å². The summed E-state index contributed by atoms with van der Waals surface area (Å²) in [5, 5.41) is 13.3. The van der Waals surface area contributed by atoms with Gasteiger partial charge in [0.2, 0.25) is 0 Å². The van der Waals surface area contributed by atoms with Gasteiger partial charge in [-0.05, 0) is 32.0 Å². The number of carbonyl (C=O) groups is 1. The quantitative estimate of drug-likeness (QED) is 0.715. The molecule has 0 unspecified atom stereocenters. The van der Waals surface area contributed by atoms with Crippen LogP contribution in [0.5, 0.6) is 5.75 Å². The monoisotopic (exact) mass is 387 g/mol. The van der Waals surface area contributed by atoms with E-state index in [1.807, 2.05) is 0 Å². The van der Waals surface area contributed by atoms with Crippen molar-refractivity contribution in [1.29, 1.82) is 5.41 Å². The molecule has 0 radical (unpaired) electrons. The molecule has 2 heterocycles. The van der Waals surface area contributed by atoms with Crippen molar-refractivity contribution in [3.63, 3.8) is 0 Å². The number of rotatable bonds is 2. The number of alkyl halides is 2. The van der Waals surface area contributed by atoms with Crippen molar-refractivity contribution >= 4 is 27.3 Å². The Morgan fingerprint density at radius 3 is 2.69 bits per heavy atom. The van der Waals surface area contributed by atoms with Crippen LogP contribution in [0.1, 0.15) is 25.8 Å². The number of fused-ring (bicyclic) bond motifs is 2. The van der Waals surface area contributed by atoms with E-state index in [2.05, 4.69) is 10.6 Å². The Hall–Kier alpha value is -2.23. The Morgan fingerprint density at radius 2 is 2.08 bits per heavy atom. The lowest BCUT2D eigenvalue weighted by atomic mass is 9.84. The van der Waals surface area contributed by atoms with E-state index in [0.29, 0.717) is 11.3 Å². The maximum atomic E-state index is 12.8. The molecule has 3 N–H and O–H groups in total. The zero-order valence-electron chi connectivity index (χ0n) is 14.2. The minimum Gasteiger partial charge on any atom is -0.493 e. The molecule has 2 aliphatic heterocycles. The summed E-state index contributed by atoms with van der Waals surface area (Å²) in [7, 11) is -3.66. The number of nitrogens with one attached hydrogen (secondary N) is 3. The van der Waals surface area contributed by atoms with Gasteiger partial charge in [0.15, 0.2) is 9.84 Å². The molecule has 1 saturated heterocycles. The second-order valence-corrected chi connectivity index (χ2v) is 9.49. The Bertz CT molecular complexity index is 885. The zero-order valence-corrected chi connectivity index (χ0v) is 15.0. The van der Waals surface area contributed by atoms with E-state index in [4.69, 9.17) is 10.1 Å². The summed E-state index contributed by atoms with van der Waals surface area (Å²) in [6.07, 6.45) is -2.89. The summed E-state index contributed by atoms with van der Waals surface area (Å²) in [5.41, 5.74) is -0.584. The maximum absolute atomic E-state index is 12.8. The molecule has 2 aliphatic rings. The standard InChI is InChI=1S/C16H19F2N3O4S/c1-15(2)14(19)21-16(8-26(15,23)24)5-6-25-11-4-3-9(7-10(11)16)20-13(22)12(17)18/h3-4,7,12H,5-6,8H2,1-2H3,(H2,19,21)(H,20,22)/t16-/m0/s1. The van der Waals surface area contributed by atoms with Gasteiger partial charge in [-0.25, -0.2) is 8.42 Å². The topological polar surface area (TPSA) is 108 Å². The molecule has 1 fully saturated rings. The van der Waals surface area contributed by atoms with E-state index in [9.17, 15) is 22.0 Å². The molecule has 0 aliphatic carbocycles. The van der Waals surface area contributed by atoms with Gasteiger partial charge in [0, 0.05) is 17.7 Å². The van der Waals surface area contributed by atoms with Gasteiger partial charge in [-0.2, -0.15) is 8.78 Å². The van der Waals surface area contributed by atoms with Crippen molar-refractivity contribution in [2.45, 2.75) is 37.0 Å². The predicted molar refractivity (Wildman–Crippen MR) is 91.6 cm³/mol. The Morgan fingerprint density at radius 1 is 1.38 bits per heavy atom. The first-order valence-electron chi connectivity index (χ1n) is 7.94. The maximum Gasteiger partial charge on any atom is 0.315 e. The highest BCUT2D eigenvalue weighted by atomic mass is 32.2. The van der Waals surface area contributed by atoms with Crippen LogP contribution in [0.25, 0.3) is 0 Å². The number of hydrogen-bond donors (Lipinski definition) is 3. The lowest BCUT2D eigenvalue weighted by Crippen LogP contribution is -2.65. The van der Waals surface area contributed by atoms with Crippen LogP contribution in [0.15, 0.2) is 18.2 Å². The van der Waals surface area contributed by atoms with Crippen molar-refractivity contribution in [2.75, 3.05) is 17.7 Å². The average molecular weight is 387 g/mol. The third-order valence-electron chi connectivity index (χ3n) is 4.93. The van der Waals surface area contributed by atoms with Gasteiger partial charge >= 0.3 is 6.43 Å². The lowest BCUT2D eigenvalue weighted by Gasteiger charge is -2.47. The fraction of sp³-hybridized carbons (Fsp3) is 0.500. The van der Waals surface area contributed by atoms with Gasteiger partial charge in [0.05, 0.1) is 17.9 Å². The van der Waals surface area contributed by atoms with Crippen LogP contribution >= 0.6 is 0 Å². The summed E-state index contributed by atoms with van der Waals surface area (Å²) in [6, 6.07) is 4.32. The summed E-state index contributed by atoms with van der Waals surface area (Å²) in [6.45, 7) is 3.17. The number of ether oxygens (including phenoxy) is 1. The Balaban J connectivity index is 2.05. The fourth-order valence-electron chi connectivity index (χ4n) is 3.14. The Labute approximate surface area is 149 Å². The zero-order chi connectivity index (χ0) is 19.3. The average Bonchev–Trinajstić information content (AvgIpc) is 2.53. The SMILES string of the molecule is CC1(C)C(=N)N[C@@]2(CCOc3ccc(NC(=O)C(F)F)cc32)CS1(=O)=O. The second kappa shape index (κ2) is 5.90. The summed E-state index contributed by atoms with van der Waals surface area (Å²) in [4.78, 5) is 11.3. The van der Waals surface area contributed by atoms with Crippen molar-refractivity contribution in [3.05, 3.63) is 23.8 Å². The molecule has 26 heavy (non-hydrogen) atoms. The van der Waals surface area contributed by atoms with E-state index in [1.54, 1.807) is 0 Å². The molecule has 1 aromatic rings. The van der Waals surface area contributed by atoms with Crippen LogP contribution < -0.4 is 15.4 Å². The third-order valence-corrected chi connectivity index (χ3v) is 7.56. The number of halogens is 2. The molecule has 1 aromatic carbocycles. The highest BCUT2D eigenvalue weighted by Crippen LogP contribution is 2.43. The molecular formula is C16H19F2N3O4S. The summed E-state index contributed by atoms with van der Waals surface area (Å²) < 4.78 is 54.7. The van der Waals surface area contributed by atoms with Gasteiger partial charge in [0.25, 0.3) is 5.91 Å². The van der Waals surface area contributed by atoms with Crippen molar-refractivity contribution in [3.8, 4) is 5.75 Å². The second-order valence-electron chi connectivity index (χ2n) is 6.95. The van der Waals surface area contributed by atoms with E-state index < -0.39 is 32.5 Å². The highest BCUT2D eigenvalue weighted by Gasteiger charge is 2.54. The van der Waals surface area contributed by atoms with Crippen LogP contribution in [-0.2, 0) is 20.2 Å². The molecule has 1 spiro atoms. The van der Waals surface area contributed by atoms with Crippen LogP contribution in [0.2, 0.25) is 0 Å². The molecule has 142 valence electrons. The molecule has 0 aromatic heterocycles. The van der Waals surface area contributed by atoms with Crippen molar-refractivity contribution in [2.24, 2.45) is 0 Å². The number of sulfone groups is 1. The van der Waals surface area contributed by atoms with Gasteiger partial charge in [-0.15, -0.1) is 0 Å². The molecule has 0 bridgehead atoms. The smallest absolute Gasteiger partial charge is 0.315 e. The first kappa shape index (κ1) is 18.6. The van der Waals surface area contributed by atoms with E-state index in [-0.39, 0.29) is 30.3 Å². The number of amides is 1. The molecule has 0 saturated carbocycles. The van der Waals surface area contributed by atoms with Crippen LogP contribution in [-0.4, -0.2) is 43.7 Å². The normalized spacial score (nSPS) is 26.0. The number of amidine groups is 1. The van der Waals surface area contributed by atoms with Crippen LogP contribution in [0, 0.1) is 5.41 Å². The van der Waals surface area contributed by atoms with Crippen molar-refractivity contribution < 1.29 is 26.7 Å². The van der Waals surface area contributed by atoms with Gasteiger partial charge < -0.3 is 15.4 Å². The molecule has 10 heteroatoms. The predicted octanol–water partition coefficient (Wildman–Crippen LogP) is 1.64. The minimum atomic E-state index is -3.66. The molecular weight excluding hydrogens is 368 g/mol. The van der Waals surface area contributed by atoms with E-state index in [1.165, 1.54) is 32.0 Å². The van der Waals surface area contributed by atoms with Crippen molar-refractivity contribution in [1.82, 2.24) is 5.32 Å². The molecule has 3 rings (SSSR count). The van der Waals surface area contributed by atoms with E-state index in [0.717, 1.165) is 0 Å². The number of carbonyl (C=O) groups excluding carboxylic acids is 1.